The molecule has 5 nitrogen and oxygen atoms in total. The first-order valence-corrected chi connectivity index (χ1v) is 6.52. The first kappa shape index (κ1) is 12.9. The molecule has 0 radical (unpaired) electrons. The fourth-order valence-corrected chi connectivity index (χ4v) is 2.23. The number of nitrogen functional groups attached to an aromatic ring is 1. The van der Waals surface area contributed by atoms with Crippen LogP contribution in [0, 0.1) is 5.41 Å². The van der Waals surface area contributed by atoms with Crippen molar-refractivity contribution >= 4 is 11.5 Å². The molecule has 0 aliphatic carbocycles. The van der Waals surface area contributed by atoms with Crippen LogP contribution in [0.5, 0.6) is 5.88 Å². The van der Waals surface area contributed by atoms with Gasteiger partial charge in [0.25, 0.3) is 0 Å². The quantitative estimate of drug-likeness (QED) is 0.886. The van der Waals surface area contributed by atoms with E-state index >= 15 is 0 Å². The molecule has 0 unspecified atom stereocenters. The first-order chi connectivity index (χ1) is 8.53. The molecule has 2 N–H and O–H groups in total. The Morgan fingerprint density at radius 3 is 2.83 bits per heavy atom. The van der Waals surface area contributed by atoms with Gasteiger partial charge in [-0.3, -0.25) is 0 Å². The molecule has 0 atom stereocenters. The van der Waals surface area contributed by atoms with E-state index in [2.05, 4.69) is 35.6 Å². The van der Waals surface area contributed by atoms with Gasteiger partial charge in [-0.25, -0.2) is 4.98 Å². The summed E-state index contributed by atoms with van der Waals surface area (Å²) in [5, 5.41) is 0. The second kappa shape index (κ2) is 5.00. The van der Waals surface area contributed by atoms with Crippen molar-refractivity contribution in [2.75, 3.05) is 30.3 Å². The van der Waals surface area contributed by atoms with Crippen LogP contribution in [0.15, 0.2) is 6.33 Å². The molecule has 1 aliphatic heterocycles. The lowest BCUT2D eigenvalue weighted by Crippen LogP contribution is -2.25. The molecule has 5 heteroatoms. The van der Waals surface area contributed by atoms with Crippen molar-refractivity contribution in [1.82, 2.24) is 9.97 Å². The summed E-state index contributed by atoms with van der Waals surface area (Å²) in [6.07, 6.45) is 3.62. The van der Waals surface area contributed by atoms with Gasteiger partial charge in [-0.1, -0.05) is 20.8 Å². The Bertz CT molecular complexity index is 419. The van der Waals surface area contributed by atoms with Crippen LogP contribution in [0.25, 0.3) is 0 Å². The summed E-state index contributed by atoms with van der Waals surface area (Å²) in [6, 6.07) is 0. The Balaban J connectivity index is 2.18. The molecule has 1 saturated heterocycles. The van der Waals surface area contributed by atoms with E-state index in [-0.39, 0.29) is 0 Å². The van der Waals surface area contributed by atoms with E-state index in [1.165, 1.54) is 6.33 Å². The summed E-state index contributed by atoms with van der Waals surface area (Å²) in [6.45, 7) is 9.17. The largest absolute Gasteiger partial charge is 0.476 e. The van der Waals surface area contributed by atoms with E-state index in [0.717, 1.165) is 31.7 Å². The normalized spacial score (nSPS) is 18.1. The van der Waals surface area contributed by atoms with Crippen molar-refractivity contribution in [2.24, 2.45) is 5.41 Å². The minimum absolute atomic E-state index is 0.321. The summed E-state index contributed by atoms with van der Waals surface area (Å²) < 4.78 is 5.54. The summed E-state index contributed by atoms with van der Waals surface area (Å²) in [5.41, 5.74) is 6.98. The lowest BCUT2D eigenvalue weighted by Gasteiger charge is -2.22. The van der Waals surface area contributed by atoms with Crippen molar-refractivity contribution in [2.45, 2.75) is 33.6 Å². The van der Waals surface area contributed by atoms with Gasteiger partial charge in [0.15, 0.2) is 5.82 Å². The number of hydrogen-bond donors (Lipinski definition) is 1. The van der Waals surface area contributed by atoms with Crippen LogP contribution < -0.4 is 15.4 Å². The molecule has 2 heterocycles. The third kappa shape index (κ3) is 2.66. The van der Waals surface area contributed by atoms with E-state index in [9.17, 15) is 0 Å². The van der Waals surface area contributed by atoms with Crippen molar-refractivity contribution in [3.05, 3.63) is 6.33 Å². The summed E-state index contributed by atoms with van der Waals surface area (Å²) in [5.74, 6) is 1.31. The van der Waals surface area contributed by atoms with Crippen LogP contribution in [0.1, 0.15) is 33.6 Å². The van der Waals surface area contributed by atoms with Gasteiger partial charge in [-0.2, -0.15) is 4.98 Å². The van der Waals surface area contributed by atoms with E-state index < -0.39 is 0 Å². The van der Waals surface area contributed by atoms with Gasteiger partial charge >= 0.3 is 0 Å². The zero-order chi connectivity index (χ0) is 13.2. The predicted octanol–water partition coefficient (Wildman–Crippen LogP) is 2.08. The lowest BCUT2D eigenvalue weighted by molar-refractivity contribution is 0.306. The average molecular weight is 250 g/mol. The third-order valence-corrected chi connectivity index (χ3v) is 3.25. The minimum Gasteiger partial charge on any atom is -0.476 e. The molecule has 1 aliphatic rings. The Labute approximate surface area is 108 Å². The van der Waals surface area contributed by atoms with Crippen molar-refractivity contribution in [3.63, 3.8) is 0 Å². The maximum Gasteiger partial charge on any atom is 0.242 e. The summed E-state index contributed by atoms with van der Waals surface area (Å²) in [7, 11) is 0. The van der Waals surface area contributed by atoms with Gasteiger partial charge < -0.3 is 15.4 Å². The monoisotopic (exact) mass is 250 g/mol. The topological polar surface area (TPSA) is 64.3 Å². The molecule has 1 aromatic rings. The van der Waals surface area contributed by atoms with E-state index in [0.29, 0.717) is 23.6 Å². The van der Waals surface area contributed by atoms with Gasteiger partial charge in [0.05, 0.1) is 6.61 Å². The number of aromatic nitrogens is 2. The number of hydrogen-bond acceptors (Lipinski definition) is 5. The molecule has 0 bridgehead atoms. The third-order valence-electron chi connectivity index (χ3n) is 3.25. The second-order valence-corrected chi connectivity index (χ2v) is 5.60. The second-order valence-electron chi connectivity index (χ2n) is 5.60. The van der Waals surface area contributed by atoms with Crippen LogP contribution in [-0.4, -0.2) is 29.7 Å². The summed E-state index contributed by atoms with van der Waals surface area (Å²) >= 11 is 0. The van der Waals surface area contributed by atoms with E-state index in [1.54, 1.807) is 0 Å². The van der Waals surface area contributed by atoms with Gasteiger partial charge in [0.1, 0.15) is 12.0 Å². The van der Waals surface area contributed by atoms with E-state index in [1.807, 2.05) is 0 Å². The van der Waals surface area contributed by atoms with Crippen LogP contribution in [0.2, 0.25) is 0 Å². The predicted molar refractivity (Wildman–Crippen MR) is 72.8 cm³/mol. The average Bonchev–Trinajstić information content (AvgIpc) is 2.68. The molecule has 1 fully saturated rings. The molecule has 1 aromatic heterocycles. The molecule has 100 valence electrons. The number of nitrogens with zero attached hydrogens (tertiary/aromatic N) is 3. The molecular weight excluding hydrogens is 228 g/mol. The maximum atomic E-state index is 6.10. The van der Waals surface area contributed by atoms with Gasteiger partial charge in [0, 0.05) is 13.1 Å². The highest BCUT2D eigenvalue weighted by Crippen LogP contribution is 2.36. The zero-order valence-electron chi connectivity index (χ0n) is 11.4. The molecule has 0 aromatic carbocycles. The van der Waals surface area contributed by atoms with Gasteiger partial charge in [-0.15, -0.1) is 0 Å². The number of ether oxygens (including phenoxy) is 1. The summed E-state index contributed by atoms with van der Waals surface area (Å²) in [4.78, 5) is 10.6. The zero-order valence-corrected chi connectivity index (χ0v) is 11.4. The van der Waals surface area contributed by atoms with Crippen molar-refractivity contribution in [3.8, 4) is 5.88 Å². The van der Waals surface area contributed by atoms with Crippen molar-refractivity contribution < 1.29 is 4.74 Å². The van der Waals surface area contributed by atoms with Crippen LogP contribution in [0.3, 0.4) is 0 Å². The lowest BCUT2D eigenvalue weighted by atomic mass is 9.93. The SMILES string of the molecule is CCCOc1ncnc(N2CCC(C)(C)C2)c1N. The van der Waals surface area contributed by atoms with Crippen molar-refractivity contribution in [1.29, 1.82) is 0 Å². The standard InChI is InChI=1S/C13H22N4O/c1-4-7-18-12-10(14)11(15-9-16-12)17-6-5-13(2,3)8-17/h9H,4-8,14H2,1-3H3. The molecular formula is C13H22N4O. The molecule has 18 heavy (non-hydrogen) atoms. The van der Waals surface area contributed by atoms with Crippen LogP contribution >= 0.6 is 0 Å². The number of nitrogens with two attached hydrogens (primary N) is 1. The highest BCUT2D eigenvalue weighted by Gasteiger charge is 2.31. The maximum absolute atomic E-state index is 6.10. The molecule has 0 spiro atoms. The number of anilines is 2. The fourth-order valence-electron chi connectivity index (χ4n) is 2.23. The number of rotatable bonds is 4. The Morgan fingerprint density at radius 2 is 2.22 bits per heavy atom. The van der Waals surface area contributed by atoms with Crippen LogP contribution in [0.4, 0.5) is 11.5 Å². The molecule has 0 saturated carbocycles. The molecule has 0 amide bonds. The minimum atomic E-state index is 0.321. The highest BCUT2D eigenvalue weighted by molar-refractivity contribution is 5.68. The van der Waals surface area contributed by atoms with Crippen LogP contribution in [-0.2, 0) is 0 Å². The smallest absolute Gasteiger partial charge is 0.242 e. The molecule has 2 rings (SSSR count). The first-order valence-electron chi connectivity index (χ1n) is 6.52. The van der Waals surface area contributed by atoms with Gasteiger partial charge in [-0.05, 0) is 18.3 Å². The van der Waals surface area contributed by atoms with E-state index in [4.69, 9.17) is 10.5 Å². The Hall–Kier alpha value is -1.52. The van der Waals surface area contributed by atoms with Gasteiger partial charge in [0.2, 0.25) is 5.88 Å². The fraction of sp³-hybridized carbons (Fsp3) is 0.692. The highest BCUT2D eigenvalue weighted by atomic mass is 16.5. The Morgan fingerprint density at radius 1 is 1.44 bits per heavy atom. The Kier molecular flexibility index (Phi) is 3.59.